The second kappa shape index (κ2) is 11.7. The fourth-order valence-electron chi connectivity index (χ4n) is 3.77. The Morgan fingerprint density at radius 1 is 1.28 bits per heavy atom. The number of carbonyl (C=O) groups excluding carboxylic acids is 1. The number of halogens is 1. The molecule has 1 saturated heterocycles. The summed E-state index contributed by atoms with van der Waals surface area (Å²) >= 11 is 0. The number of carbonyl (C=O) groups is 1. The van der Waals surface area contributed by atoms with Gasteiger partial charge in [-0.3, -0.25) is 9.88 Å². The van der Waals surface area contributed by atoms with Gasteiger partial charge in [0.05, 0.1) is 37.3 Å². The molecule has 0 radical (unpaired) electrons. The monoisotopic (exact) mass is 497 g/mol. The Hall–Kier alpha value is -3.90. The van der Waals surface area contributed by atoms with Crippen molar-refractivity contribution in [2.45, 2.75) is 32.1 Å². The molecule has 2 atom stereocenters. The van der Waals surface area contributed by atoms with Crippen molar-refractivity contribution in [1.29, 1.82) is 0 Å². The summed E-state index contributed by atoms with van der Waals surface area (Å²) in [6.45, 7) is 3.91. The standard InChI is InChI=1S/C21H19FN6O3.C3H9NO/c1-13-8-20(25-31-13)19-5-2-14(10-23-19)17-4-3-15(9-18(17)22)28-12-16(30-21(28)29)11-27-7-6-24-26-27;1-5-3-2-4/h2-7,9-10,13,16H,8,11-12H2,1H3;2-4H2,1H3. The van der Waals surface area contributed by atoms with E-state index in [4.69, 9.17) is 15.3 Å². The molecule has 190 valence electrons. The van der Waals surface area contributed by atoms with E-state index in [1.54, 1.807) is 54.6 Å². The van der Waals surface area contributed by atoms with Crippen molar-refractivity contribution in [1.82, 2.24) is 20.0 Å². The van der Waals surface area contributed by atoms with E-state index >= 15 is 0 Å². The molecule has 0 bridgehead atoms. The third kappa shape index (κ3) is 6.01. The van der Waals surface area contributed by atoms with E-state index in [0.717, 1.165) is 5.71 Å². The van der Waals surface area contributed by atoms with Gasteiger partial charge in [-0.2, -0.15) is 0 Å². The third-order valence-corrected chi connectivity index (χ3v) is 5.52. The van der Waals surface area contributed by atoms with Crippen molar-refractivity contribution >= 4 is 17.5 Å². The van der Waals surface area contributed by atoms with Crippen molar-refractivity contribution < 1.29 is 23.5 Å². The van der Waals surface area contributed by atoms with Crippen LogP contribution in [0, 0.1) is 5.82 Å². The molecule has 2 aliphatic heterocycles. The summed E-state index contributed by atoms with van der Waals surface area (Å²) in [6.07, 6.45) is 4.68. The Balaban J connectivity index is 0.000000556. The summed E-state index contributed by atoms with van der Waals surface area (Å²) in [7, 11) is 1.63. The smallest absolute Gasteiger partial charge is 0.414 e. The van der Waals surface area contributed by atoms with Crippen LogP contribution < -0.4 is 10.6 Å². The van der Waals surface area contributed by atoms with Crippen LogP contribution in [0.25, 0.3) is 11.1 Å². The minimum atomic E-state index is -0.517. The fourth-order valence-corrected chi connectivity index (χ4v) is 3.77. The summed E-state index contributed by atoms with van der Waals surface area (Å²) in [4.78, 5) is 23.3. The molecule has 5 rings (SSSR count). The largest absolute Gasteiger partial charge is 0.442 e. The maximum atomic E-state index is 14.9. The molecule has 11 nitrogen and oxygen atoms in total. The predicted octanol–water partition coefficient (Wildman–Crippen LogP) is 2.61. The highest BCUT2D eigenvalue weighted by atomic mass is 19.1. The zero-order chi connectivity index (χ0) is 25.5. The van der Waals surface area contributed by atoms with Crippen LogP contribution >= 0.6 is 0 Å². The van der Waals surface area contributed by atoms with Gasteiger partial charge in [0.15, 0.2) is 0 Å². The molecule has 2 unspecified atom stereocenters. The zero-order valence-corrected chi connectivity index (χ0v) is 20.1. The fraction of sp³-hybridized carbons (Fsp3) is 0.375. The second-order valence-corrected chi connectivity index (χ2v) is 8.28. The lowest BCUT2D eigenvalue weighted by atomic mass is 10.0. The normalized spacial score (nSPS) is 18.8. The molecule has 12 heteroatoms. The SMILES string of the molecule is CC1CC(c2ccc(-c3ccc(N4CC(Cn5ccnn5)OC4=O)cc3F)cn2)=NO1.COCCN. The molecule has 1 aromatic carbocycles. The van der Waals surface area contributed by atoms with Crippen molar-refractivity contribution in [2.75, 3.05) is 31.7 Å². The van der Waals surface area contributed by atoms with Gasteiger partial charge in [-0.05, 0) is 31.2 Å². The maximum absolute atomic E-state index is 14.9. The minimum Gasteiger partial charge on any atom is -0.442 e. The quantitative estimate of drug-likeness (QED) is 0.527. The maximum Gasteiger partial charge on any atom is 0.414 e. The van der Waals surface area contributed by atoms with E-state index in [-0.39, 0.29) is 12.2 Å². The van der Waals surface area contributed by atoms with Crippen LogP contribution in [0.15, 0.2) is 54.1 Å². The number of methoxy groups -OCH3 is 1. The summed E-state index contributed by atoms with van der Waals surface area (Å²) in [5, 5.41) is 11.6. The zero-order valence-electron chi connectivity index (χ0n) is 20.1. The van der Waals surface area contributed by atoms with Crippen LogP contribution in [-0.4, -0.2) is 70.8 Å². The van der Waals surface area contributed by atoms with Gasteiger partial charge < -0.3 is 20.0 Å². The van der Waals surface area contributed by atoms with Crippen LogP contribution in [0.4, 0.5) is 14.9 Å². The molecule has 1 fully saturated rings. The molecule has 2 aliphatic rings. The van der Waals surface area contributed by atoms with Crippen molar-refractivity contribution in [3.63, 3.8) is 0 Å². The van der Waals surface area contributed by atoms with E-state index in [9.17, 15) is 9.18 Å². The summed E-state index contributed by atoms with van der Waals surface area (Å²) < 4.78 is 26.4. The first-order valence-corrected chi connectivity index (χ1v) is 11.5. The van der Waals surface area contributed by atoms with Crippen LogP contribution in [0.2, 0.25) is 0 Å². The Morgan fingerprint density at radius 2 is 2.14 bits per heavy atom. The van der Waals surface area contributed by atoms with Crippen molar-refractivity contribution in [2.24, 2.45) is 10.9 Å². The third-order valence-electron chi connectivity index (χ3n) is 5.52. The number of ether oxygens (including phenoxy) is 2. The first-order chi connectivity index (χ1) is 17.5. The summed E-state index contributed by atoms with van der Waals surface area (Å²) in [5.41, 5.74) is 7.97. The number of nitrogens with two attached hydrogens (primary N) is 1. The summed E-state index contributed by atoms with van der Waals surface area (Å²) in [5.74, 6) is -0.449. The molecule has 2 aromatic heterocycles. The molecular formula is C24H28FN7O4. The Bertz CT molecular complexity index is 1190. The van der Waals surface area contributed by atoms with Crippen LogP contribution in [-0.2, 0) is 20.9 Å². The van der Waals surface area contributed by atoms with Crippen molar-refractivity contribution in [3.05, 3.63) is 60.4 Å². The topological polar surface area (TPSA) is 130 Å². The van der Waals surface area contributed by atoms with Crippen LogP contribution in [0.5, 0.6) is 0 Å². The number of cyclic esters (lactones) is 1. The van der Waals surface area contributed by atoms with Gasteiger partial charge in [0, 0.05) is 43.6 Å². The van der Waals surface area contributed by atoms with E-state index in [0.29, 0.717) is 55.2 Å². The molecule has 0 aliphatic carbocycles. The Labute approximate surface area is 207 Å². The number of anilines is 1. The van der Waals surface area contributed by atoms with Gasteiger partial charge in [0.25, 0.3) is 0 Å². The minimum absolute atomic E-state index is 0.0366. The van der Waals surface area contributed by atoms with Gasteiger partial charge in [0.2, 0.25) is 0 Å². The highest BCUT2D eigenvalue weighted by molar-refractivity contribution is 5.99. The molecular weight excluding hydrogens is 469 g/mol. The highest BCUT2D eigenvalue weighted by Gasteiger charge is 2.33. The molecule has 0 saturated carbocycles. The van der Waals surface area contributed by atoms with Gasteiger partial charge >= 0.3 is 6.09 Å². The molecule has 4 heterocycles. The van der Waals surface area contributed by atoms with Crippen LogP contribution in [0.1, 0.15) is 19.0 Å². The number of hydrogen-bond acceptors (Lipinski definition) is 9. The van der Waals surface area contributed by atoms with Crippen LogP contribution in [0.3, 0.4) is 0 Å². The number of rotatable bonds is 7. The molecule has 3 aromatic rings. The van der Waals surface area contributed by atoms with Gasteiger partial charge in [-0.1, -0.05) is 16.4 Å². The summed E-state index contributed by atoms with van der Waals surface area (Å²) in [6, 6.07) is 8.26. The number of pyridine rings is 1. The van der Waals surface area contributed by atoms with Gasteiger partial charge in [-0.15, -0.1) is 5.10 Å². The number of aromatic nitrogens is 4. The molecule has 0 spiro atoms. The first-order valence-electron chi connectivity index (χ1n) is 11.5. The van der Waals surface area contributed by atoms with E-state index in [2.05, 4.69) is 25.2 Å². The number of nitrogens with zero attached hydrogens (tertiary/aromatic N) is 6. The van der Waals surface area contributed by atoms with Gasteiger partial charge in [-0.25, -0.2) is 13.9 Å². The second-order valence-electron chi connectivity index (χ2n) is 8.28. The highest BCUT2D eigenvalue weighted by Crippen LogP contribution is 2.29. The lowest BCUT2D eigenvalue weighted by molar-refractivity contribution is 0.0995. The van der Waals surface area contributed by atoms with E-state index in [1.807, 2.05) is 6.92 Å². The Kier molecular flexibility index (Phi) is 8.18. The van der Waals surface area contributed by atoms with E-state index in [1.165, 1.54) is 11.0 Å². The molecule has 2 N–H and O–H groups in total. The van der Waals surface area contributed by atoms with Gasteiger partial charge in [0.1, 0.15) is 23.7 Å². The average Bonchev–Trinajstić information content (AvgIpc) is 3.62. The average molecular weight is 498 g/mol. The van der Waals surface area contributed by atoms with Crippen molar-refractivity contribution in [3.8, 4) is 11.1 Å². The number of benzene rings is 1. The Morgan fingerprint density at radius 3 is 2.72 bits per heavy atom. The van der Waals surface area contributed by atoms with E-state index < -0.39 is 11.9 Å². The molecule has 1 amide bonds. The lowest BCUT2D eigenvalue weighted by Crippen LogP contribution is -2.26. The number of amides is 1. The number of hydrogen-bond donors (Lipinski definition) is 1. The first kappa shape index (κ1) is 25.2. The predicted molar refractivity (Wildman–Crippen MR) is 130 cm³/mol. The molecule has 36 heavy (non-hydrogen) atoms. The lowest BCUT2D eigenvalue weighted by Gasteiger charge is -2.14. The number of oxime groups is 1.